The third kappa shape index (κ3) is 3.13. The smallest absolute Gasteiger partial charge is 0.323 e. The zero-order chi connectivity index (χ0) is 13.8. The molecule has 104 valence electrons. The molecule has 0 saturated heterocycles. The maximum Gasteiger partial charge on any atom is 0.323 e. The van der Waals surface area contributed by atoms with E-state index in [9.17, 15) is 9.59 Å². The Hall–Kier alpha value is -1.85. The summed E-state index contributed by atoms with van der Waals surface area (Å²) >= 11 is 0. The Morgan fingerprint density at radius 2 is 2.16 bits per heavy atom. The van der Waals surface area contributed by atoms with Crippen molar-refractivity contribution in [2.45, 2.75) is 44.7 Å². The summed E-state index contributed by atoms with van der Waals surface area (Å²) in [6, 6.07) is 1.34. The first-order valence-corrected chi connectivity index (χ1v) is 6.61. The van der Waals surface area contributed by atoms with Gasteiger partial charge in [0.1, 0.15) is 12.6 Å². The zero-order valence-corrected chi connectivity index (χ0v) is 11.0. The van der Waals surface area contributed by atoms with Gasteiger partial charge in [-0.1, -0.05) is 12.8 Å². The lowest BCUT2D eigenvalue weighted by Gasteiger charge is -2.29. The number of carbonyl (C=O) groups is 2. The first kappa shape index (κ1) is 13.6. The van der Waals surface area contributed by atoms with Crippen molar-refractivity contribution in [3.8, 4) is 0 Å². The summed E-state index contributed by atoms with van der Waals surface area (Å²) in [4.78, 5) is 24.9. The van der Waals surface area contributed by atoms with Crippen LogP contribution in [0.3, 0.4) is 0 Å². The highest BCUT2D eigenvalue weighted by Crippen LogP contribution is 2.25. The second-order valence-electron chi connectivity index (χ2n) is 4.96. The van der Waals surface area contributed by atoms with Crippen LogP contribution in [-0.4, -0.2) is 44.3 Å². The minimum absolute atomic E-state index is 0.0570. The lowest BCUT2D eigenvalue weighted by Crippen LogP contribution is -2.45. The van der Waals surface area contributed by atoms with Crippen LogP contribution >= 0.6 is 0 Å². The number of amides is 1. The van der Waals surface area contributed by atoms with Crippen molar-refractivity contribution in [2.75, 3.05) is 6.54 Å². The lowest BCUT2D eigenvalue weighted by atomic mass is 10.1. The number of aromatic nitrogens is 2. The second-order valence-corrected chi connectivity index (χ2v) is 4.96. The van der Waals surface area contributed by atoms with E-state index in [1.165, 1.54) is 4.90 Å². The number of nitrogens with zero attached hydrogens (tertiary/aromatic N) is 3. The minimum atomic E-state index is -0.965. The van der Waals surface area contributed by atoms with Gasteiger partial charge in [-0.25, -0.2) is 0 Å². The number of rotatable bonds is 5. The van der Waals surface area contributed by atoms with Gasteiger partial charge in [0.05, 0.1) is 0 Å². The largest absolute Gasteiger partial charge is 0.480 e. The highest BCUT2D eigenvalue weighted by Gasteiger charge is 2.31. The van der Waals surface area contributed by atoms with E-state index in [0.717, 1.165) is 25.7 Å². The summed E-state index contributed by atoms with van der Waals surface area (Å²) in [5.74, 6) is -1.13. The van der Waals surface area contributed by atoms with Crippen molar-refractivity contribution in [3.63, 3.8) is 0 Å². The topological polar surface area (TPSA) is 75.4 Å². The molecule has 1 amide bonds. The van der Waals surface area contributed by atoms with Crippen molar-refractivity contribution < 1.29 is 14.7 Å². The Bertz CT molecular complexity index is 438. The monoisotopic (exact) mass is 265 g/mol. The molecule has 1 aromatic heterocycles. The quantitative estimate of drug-likeness (QED) is 0.870. The molecule has 0 spiro atoms. The minimum Gasteiger partial charge on any atom is -0.480 e. The van der Waals surface area contributed by atoms with Gasteiger partial charge < -0.3 is 10.0 Å². The van der Waals surface area contributed by atoms with E-state index >= 15 is 0 Å². The first-order chi connectivity index (χ1) is 9.09. The average Bonchev–Trinajstić information content (AvgIpc) is 3.05. The SMILES string of the molecule is CC(C(=O)N(CC(=O)O)C1CCCC1)n1cccn1. The Morgan fingerprint density at radius 3 is 2.68 bits per heavy atom. The van der Waals surface area contributed by atoms with E-state index in [0.29, 0.717) is 0 Å². The van der Waals surface area contributed by atoms with Gasteiger partial charge in [0.2, 0.25) is 5.91 Å². The van der Waals surface area contributed by atoms with E-state index in [-0.39, 0.29) is 18.5 Å². The van der Waals surface area contributed by atoms with Crippen molar-refractivity contribution in [2.24, 2.45) is 0 Å². The number of carboxylic acids is 1. The predicted octanol–water partition coefficient (Wildman–Crippen LogP) is 1.30. The van der Waals surface area contributed by atoms with E-state index in [1.54, 1.807) is 30.1 Å². The molecule has 1 aromatic rings. The molecule has 1 N–H and O–H groups in total. The van der Waals surface area contributed by atoms with Crippen LogP contribution in [-0.2, 0) is 9.59 Å². The molecule has 1 atom stereocenters. The molecule has 1 fully saturated rings. The molecule has 1 unspecified atom stereocenters. The Balaban J connectivity index is 2.12. The number of hydrogen-bond donors (Lipinski definition) is 1. The lowest BCUT2D eigenvalue weighted by molar-refractivity contribution is -0.147. The molecular weight excluding hydrogens is 246 g/mol. The van der Waals surface area contributed by atoms with Crippen LogP contribution in [0.2, 0.25) is 0 Å². The number of carbonyl (C=O) groups excluding carboxylic acids is 1. The number of carboxylic acid groups (broad SMARTS) is 1. The molecule has 6 nitrogen and oxygen atoms in total. The summed E-state index contributed by atoms with van der Waals surface area (Å²) in [5.41, 5.74) is 0. The highest BCUT2D eigenvalue weighted by molar-refractivity contribution is 5.84. The highest BCUT2D eigenvalue weighted by atomic mass is 16.4. The third-order valence-electron chi connectivity index (χ3n) is 3.63. The summed E-state index contributed by atoms with van der Waals surface area (Å²) < 4.78 is 1.56. The molecule has 0 radical (unpaired) electrons. The fourth-order valence-electron chi connectivity index (χ4n) is 2.61. The molecule has 1 aliphatic carbocycles. The van der Waals surface area contributed by atoms with Crippen molar-refractivity contribution >= 4 is 11.9 Å². The molecule has 19 heavy (non-hydrogen) atoms. The zero-order valence-electron chi connectivity index (χ0n) is 11.0. The second kappa shape index (κ2) is 5.86. The Kier molecular flexibility index (Phi) is 4.19. The molecule has 2 rings (SSSR count). The van der Waals surface area contributed by atoms with Crippen LogP contribution in [0.1, 0.15) is 38.6 Å². The van der Waals surface area contributed by atoms with Crippen LogP contribution in [0.5, 0.6) is 0 Å². The molecule has 0 aromatic carbocycles. The van der Waals surface area contributed by atoms with Gasteiger partial charge in [0.25, 0.3) is 0 Å². The van der Waals surface area contributed by atoms with E-state index < -0.39 is 12.0 Å². The maximum atomic E-state index is 12.5. The van der Waals surface area contributed by atoms with E-state index in [2.05, 4.69) is 5.10 Å². The van der Waals surface area contributed by atoms with Gasteiger partial charge in [-0.2, -0.15) is 5.10 Å². The fourth-order valence-corrected chi connectivity index (χ4v) is 2.61. The molecule has 1 aliphatic rings. The van der Waals surface area contributed by atoms with E-state index in [1.807, 2.05) is 0 Å². The van der Waals surface area contributed by atoms with Gasteiger partial charge in [-0.3, -0.25) is 14.3 Å². The van der Waals surface area contributed by atoms with Crippen LogP contribution in [0, 0.1) is 0 Å². The van der Waals surface area contributed by atoms with Gasteiger partial charge in [0.15, 0.2) is 0 Å². The Morgan fingerprint density at radius 1 is 1.47 bits per heavy atom. The van der Waals surface area contributed by atoms with Gasteiger partial charge in [0, 0.05) is 18.4 Å². The van der Waals surface area contributed by atoms with Crippen molar-refractivity contribution in [1.29, 1.82) is 0 Å². The normalized spacial score (nSPS) is 17.3. The molecule has 0 bridgehead atoms. The average molecular weight is 265 g/mol. The summed E-state index contributed by atoms with van der Waals surface area (Å²) in [7, 11) is 0. The summed E-state index contributed by atoms with van der Waals surface area (Å²) in [6.07, 6.45) is 7.24. The number of hydrogen-bond acceptors (Lipinski definition) is 3. The summed E-state index contributed by atoms with van der Waals surface area (Å²) in [6.45, 7) is 1.52. The molecule has 1 heterocycles. The van der Waals surface area contributed by atoms with Crippen LogP contribution in [0.4, 0.5) is 0 Å². The Labute approximate surface area is 112 Å². The molecule has 6 heteroatoms. The standard InChI is InChI=1S/C13H19N3O3/c1-10(16-8-4-7-14-16)13(19)15(9-12(17)18)11-5-2-3-6-11/h4,7-8,10-11H,2-3,5-6,9H2,1H3,(H,17,18). The van der Waals surface area contributed by atoms with Crippen molar-refractivity contribution in [1.82, 2.24) is 14.7 Å². The van der Waals surface area contributed by atoms with Crippen molar-refractivity contribution in [3.05, 3.63) is 18.5 Å². The fraction of sp³-hybridized carbons (Fsp3) is 0.615. The first-order valence-electron chi connectivity index (χ1n) is 6.61. The maximum absolute atomic E-state index is 12.5. The van der Waals surface area contributed by atoms with Gasteiger partial charge in [-0.15, -0.1) is 0 Å². The summed E-state index contributed by atoms with van der Waals surface area (Å²) in [5, 5.41) is 13.0. The molecule has 0 aliphatic heterocycles. The van der Waals surface area contributed by atoms with Crippen LogP contribution in [0.25, 0.3) is 0 Å². The predicted molar refractivity (Wildman–Crippen MR) is 68.5 cm³/mol. The van der Waals surface area contributed by atoms with Gasteiger partial charge >= 0.3 is 5.97 Å². The third-order valence-corrected chi connectivity index (χ3v) is 3.63. The molecular formula is C13H19N3O3. The number of aliphatic carboxylic acids is 1. The van der Waals surface area contributed by atoms with E-state index in [4.69, 9.17) is 5.11 Å². The van der Waals surface area contributed by atoms with Crippen LogP contribution < -0.4 is 0 Å². The van der Waals surface area contributed by atoms with Gasteiger partial charge in [-0.05, 0) is 25.8 Å². The molecule has 1 saturated carbocycles. The van der Waals surface area contributed by atoms with Crippen LogP contribution in [0.15, 0.2) is 18.5 Å².